The Morgan fingerprint density at radius 2 is 1.61 bits per heavy atom. The van der Waals surface area contributed by atoms with Gasteiger partial charge in [-0.3, -0.25) is 4.79 Å². The molecule has 0 saturated heterocycles. The Morgan fingerprint density at radius 3 is 2.00 bits per heavy atom. The van der Waals surface area contributed by atoms with Crippen molar-refractivity contribution in [1.29, 1.82) is 0 Å². The molecule has 0 aromatic heterocycles. The predicted octanol–water partition coefficient (Wildman–Crippen LogP) is -0.493. The van der Waals surface area contributed by atoms with Crippen LogP contribution in [0.15, 0.2) is 53.4 Å². The van der Waals surface area contributed by atoms with Crippen molar-refractivity contribution in [1.82, 2.24) is 0 Å². The van der Waals surface area contributed by atoms with E-state index in [1.807, 2.05) is 6.07 Å². The van der Waals surface area contributed by atoms with Crippen molar-refractivity contribution in [2.75, 3.05) is 0 Å². The Kier molecular flexibility index (Phi) is 8.41. The van der Waals surface area contributed by atoms with E-state index < -0.39 is 0 Å². The Morgan fingerprint density at radius 1 is 1.00 bits per heavy atom. The van der Waals surface area contributed by atoms with E-state index in [-0.39, 0.29) is 35.3 Å². The van der Waals surface area contributed by atoms with Crippen molar-refractivity contribution in [3.8, 4) is 11.5 Å². The normalized spacial score (nSPS) is 8.44. The maximum atomic E-state index is 10.1. The van der Waals surface area contributed by atoms with Crippen LogP contribution in [0.25, 0.3) is 0 Å². The molecule has 5 heteroatoms. The van der Waals surface area contributed by atoms with E-state index in [2.05, 4.69) is 0 Å². The molecule has 3 nitrogen and oxygen atoms in total. The fourth-order valence-corrected chi connectivity index (χ4v) is 1.16. The third-order valence-electron chi connectivity index (χ3n) is 1.88. The second-order valence-electron chi connectivity index (χ2n) is 3.18. The van der Waals surface area contributed by atoms with Gasteiger partial charge in [-0.25, -0.2) is 0 Å². The van der Waals surface area contributed by atoms with E-state index in [1.165, 1.54) is 12.1 Å². The van der Waals surface area contributed by atoms with Crippen LogP contribution in [0, 0.1) is 0 Å². The molecular formula is C13H11NaO3S. The molecule has 0 bridgehead atoms. The molecule has 0 radical (unpaired) electrons. The molecule has 0 aliphatic heterocycles. The van der Waals surface area contributed by atoms with Crippen LogP contribution in [0.2, 0.25) is 0 Å². The quantitative estimate of drug-likeness (QED) is 0.417. The predicted molar refractivity (Wildman–Crippen MR) is 67.2 cm³/mol. The number of phenolic OH excluding ortho intramolecular Hbond substituents is 2. The number of hydrogen-bond acceptors (Lipinski definition) is 4. The molecule has 88 valence electrons. The van der Waals surface area contributed by atoms with Crippen LogP contribution in [0.5, 0.6) is 11.5 Å². The molecule has 2 rings (SSSR count). The number of carbonyl (C=O) groups excluding carboxylic acids is 1. The van der Waals surface area contributed by atoms with Crippen LogP contribution < -0.4 is 29.6 Å². The van der Waals surface area contributed by atoms with Crippen molar-refractivity contribution in [3.05, 3.63) is 54.1 Å². The standard InChI is InChI=1S/C7H6O2S.C6H6O.Na/c8-4-5-1-2-7(10)6(9)3-5;7-6-4-2-1-3-5-6;/h1-4,9-10H;1-5,7H;/q;;+1/p-1. The molecule has 2 aromatic carbocycles. The third-order valence-corrected chi connectivity index (χ3v) is 2.22. The number of para-hydroxylation sites is 1. The first kappa shape index (κ1) is 16.9. The van der Waals surface area contributed by atoms with Gasteiger partial charge in [0, 0.05) is 5.56 Å². The average Bonchev–Trinajstić information content (AvgIpc) is 2.34. The van der Waals surface area contributed by atoms with E-state index in [0.29, 0.717) is 22.5 Å². The zero-order valence-corrected chi connectivity index (χ0v) is 12.7. The van der Waals surface area contributed by atoms with Crippen molar-refractivity contribution >= 4 is 18.9 Å². The second kappa shape index (κ2) is 8.94. The first-order valence-corrected chi connectivity index (χ1v) is 5.23. The van der Waals surface area contributed by atoms with Gasteiger partial charge >= 0.3 is 29.6 Å². The van der Waals surface area contributed by atoms with Gasteiger partial charge in [0.25, 0.3) is 0 Å². The van der Waals surface area contributed by atoms with Crippen molar-refractivity contribution in [2.45, 2.75) is 4.90 Å². The van der Waals surface area contributed by atoms with Gasteiger partial charge in [-0.05, 0) is 18.2 Å². The van der Waals surface area contributed by atoms with Gasteiger partial charge in [0.15, 0.2) is 0 Å². The van der Waals surface area contributed by atoms with Gasteiger partial charge in [-0.2, -0.15) is 0 Å². The van der Waals surface area contributed by atoms with Crippen LogP contribution in [-0.4, -0.2) is 16.5 Å². The molecule has 0 amide bonds. The third kappa shape index (κ3) is 6.02. The van der Waals surface area contributed by atoms with E-state index in [0.717, 1.165) is 0 Å². The molecule has 0 fully saturated rings. The van der Waals surface area contributed by atoms with Gasteiger partial charge in [0.05, 0.1) is 5.75 Å². The van der Waals surface area contributed by atoms with Crippen LogP contribution in [0.3, 0.4) is 0 Å². The Hall–Kier alpha value is -1.07. The van der Waals surface area contributed by atoms with Gasteiger partial charge in [-0.1, -0.05) is 30.3 Å². The molecule has 0 aliphatic carbocycles. The van der Waals surface area contributed by atoms with E-state index in [1.54, 1.807) is 30.3 Å². The van der Waals surface area contributed by atoms with Crippen LogP contribution in [0.1, 0.15) is 10.4 Å². The van der Waals surface area contributed by atoms with Gasteiger partial charge in [-0.15, -0.1) is 4.90 Å². The van der Waals surface area contributed by atoms with E-state index >= 15 is 0 Å². The molecular weight excluding hydrogens is 259 g/mol. The van der Waals surface area contributed by atoms with E-state index in [4.69, 9.17) is 22.8 Å². The summed E-state index contributed by atoms with van der Waals surface area (Å²) in [6.07, 6.45) is 0.661. The molecule has 2 N–H and O–H groups in total. The van der Waals surface area contributed by atoms with Crippen molar-refractivity contribution in [2.24, 2.45) is 0 Å². The maximum absolute atomic E-state index is 10.1. The fraction of sp³-hybridized carbons (Fsp3) is 0. The number of phenols is 2. The van der Waals surface area contributed by atoms with Crippen LogP contribution in [0.4, 0.5) is 0 Å². The van der Waals surface area contributed by atoms with Crippen molar-refractivity contribution < 1.29 is 44.6 Å². The number of hydrogen-bond donors (Lipinski definition) is 2. The first-order valence-electron chi connectivity index (χ1n) is 4.82. The van der Waals surface area contributed by atoms with Crippen molar-refractivity contribution in [3.63, 3.8) is 0 Å². The Labute approximate surface area is 133 Å². The smallest absolute Gasteiger partial charge is 0.776 e. The second-order valence-corrected chi connectivity index (χ2v) is 3.62. The molecule has 0 aliphatic rings. The number of aldehydes is 1. The van der Waals surface area contributed by atoms with Crippen LogP contribution >= 0.6 is 0 Å². The minimum atomic E-state index is -0.0143. The Bertz CT molecular complexity index is 489. The summed E-state index contributed by atoms with van der Waals surface area (Å²) < 4.78 is 0. The zero-order chi connectivity index (χ0) is 12.7. The fourth-order valence-electron chi connectivity index (χ4n) is 1.04. The minimum absolute atomic E-state index is 0. The maximum Gasteiger partial charge on any atom is 1.00 e. The van der Waals surface area contributed by atoms with Gasteiger partial charge < -0.3 is 22.8 Å². The molecule has 0 spiro atoms. The zero-order valence-electron chi connectivity index (χ0n) is 9.91. The molecule has 0 atom stereocenters. The summed E-state index contributed by atoms with van der Waals surface area (Å²) in [6, 6.07) is 13.1. The number of aromatic hydroxyl groups is 2. The summed E-state index contributed by atoms with van der Waals surface area (Å²) in [5, 5.41) is 17.6. The summed E-state index contributed by atoms with van der Waals surface area (Å²) >= 11 is 4.69. The largest absolute Gasteiger partial charge is 1.00 e. The molecule has 2 aromatic rings. The molecule has 0 unspecified atom stereocenters. The molecule has 18 heavy (non-hydrogen) atoms. The van der Waals surface area contributed by atoms with E-state index in [9.17, 15) is 4.79 Å². The summed E-state index contributed by atoms with van der Waals surface area (Å²) in [5.74, 6) is 0.308. The van der Waals surface area contributed by atoms with Gasteiger partial charge in [0.1, 0.15) is 12.0 Å². The summed E-state index contributed by atoms with van der Waals surface area (Å²) in [7, 11) is 0. The first-order chi connectivity index (χ1) is 8.13. The molecule has 0 heterocycles. The topological polar surface area (TPSA) is 57.5 Å². The summed E-state index contributed by atoms with van der Waals surface area (Å²) in [6.45, 7) is 0. The SMILES string of the molecule is O=Cc1ccc([S-])c(O)c1.Oc1ccccc1.[Na+]. The Balaban J connectivity index is 0.000000321. The minimum Gasteiger partial charge on any atom is -0.776 e. The number of rotatable bonds is 1. The summed E-state index contributed by atoms with van der Waals surface area (Å²) in [4.78, 5) is 10.5. The monoisotopic (exact) mass is 270 g/mol. The number of benzene rings is 2. The molecule has 0 saturated carbocycles. The number of carbonyl (C=O) groups is 1. The average molecular weight is 270 g/mol. The van der Waals surface area contributed by atoms with Gasteiger partial charge in [0.2, 0.25) is 0 Å². The van der Waals surface area contributed by atoms with Crippen LogP contribution in [-0.2, 0) is 12.6 Å². The summed E-state index contributed by atoms with van der Waals surface area (Å²) in [5.41, 5.74) is 0.436.